The molecular formula is C16H15N3O3. The third-order valence-corrected chi connectivity index (χ3v) is 3.58. The standard InChI is InChI=1S/C16H15N3O3/c1-22-11-5-2-9(3-6-11)14(17)10-4-7-12-13(8-10)19-16(21)15(20)18-12/h2-8,14H,17H2,1H3,(H,18,20)(H,19,21). The number of nitrogens with one attached hydrogen (secondary N) is 2. The molecule has 1 unspecified atom stereocenters. The number of methoxy groups -OCH3 is 1. The zero-order valence-electron chi connectivity index (χ0n) is 11.9. The number of aromatic nitrogens is 2. The summed E-state index contributed by atoms with van der Waals surface area (Å²) in [4.78, 5) is 27.8. The van der Waals surface area contributed by atoms with E-state index in [2.05, 4.69) is 9.97 Å². The quantitative estimate of drug-likeness (QED) is 0.634. The Morgan fingerprint density at radius 1 is 0.909 bits per heavy atom. The number of nitrogens with two attached hydrogens (primary N) is 1. The van der Waals surface area contributed by atoms with Crippen molar-refractivity contribution < 1.29 is 4.74 Å². The number of ether oxygens (including phenoxy) is 1. The second kappa shape index (κ2) is 5.50. The van der Waals surface area contributed by atoms with Crippen LogP contribution in [0.5, 0.6) is 5.75 Å². The van der Waals surface area contributed by atoms with E-state index in [9.17, 15) is 9.59 Å². The summed E-state index contributed by atoms with van der Waals surface area (Å²) in [6.45, 7) is 0. The number of aromatic amines is 2. The summed E-state index contributed by atoms with van der Waals surface area (Å²) in [5.41, 5.74) is 7.79. The molecule has 1 atom stereocenters. The van der Waals surface area contributed by atoms with Gasteiger partial charge in [-0.3, -0.25) is 9.59 Å². The third kappa shape index (κ3) is 2.51. The van der Waals surface area contributed by atoms with Gasteiger partial charge in [0, 0.05) is 0 Å². The first-order valence-corrected chi connectivity index (χ1v) is 6.74. The van der Waals surface area contributed by atoms with E-state index in [0.717, 1.165) is 16.9 Å². The molecule has 0 radical (unpaired) electrons. The van der Waals surface area contributed by atoms with E-state index in [0.29, 0.717) is 11.0 Å². The number of H-pyrrole nitrogens is 2. The molecule has 0 saturated carbocycles. The smallest absolute Gasteiger partial charge is 0.314 e. The van der Waals surface area contributed by atoms with Crippen LogP contribution < -0.4 is 21.6 Å². The number of hydrogen-bond donors (Lipinski definition) is 3. The lowest BCUT2D eigenvalue weighted by Gasteiger charge is -2.13. The maximum atomic E-state index is 11.4. The molecule has 6 heteroatoms. The van der Waals surface area contributed by atoms with Crippen molar-refractivity contribution in [2.24, 2.45) is 5.73 Å². The predicted octanol–water partition coefficient (Wildman–Crippen LogP) is 1.27. The van der Waals surface area contributed by atoms with Crippen molar-refractivity contribution >= 4 is 11.0 Å². The van der Waals surface area contributed by atoms with Crippen LogP contribution in [0.3, 0.4) is 0 Å². The molecule has 2 aromatic carbocycles. The minimum absolute atomic E-state index is 0.342. The van der Waals surface area contributed by atoms with E-state index < -0.39 is 11.1 Å². The maximum Gasteiger partial charge on any atom is 0.314 e. The van der Waals surface area contributed by atoms with E-state index >= 15 is 0 Å². The Balaban J connectivity index is 2.02. The van der Waals surface area contributed by atoms with Gasteiger partial charge in [0.05, 0.1) is 24.2 Å². The molecule has 0 fully saturated rings. The number of fused-ring (bicyclic) bond motifs is 1. The van der Waals surface area contributed by atoms with Gasteiger partial charge in [-0.1, -0.05) is 18.2 Å². The van der Waals surface area contributed by atoms with E-state index in [1.165, 1.54) is 0 Å². The van der Waals surface area contributed by atoms with Crippen molar-refractivity contribution in [3.8, 4) is 5.75 Å². The van der Waals surface area contributed by atoms with E-state index in [1.54, 1.807) is 19.2 Å². The third-order valence-electron chi connectivity index (χ3n) is 3.58. The Hall–Kier alpha value is -2.86. The van der Waals surface area contributed by atoms with Crippen molar-refractivity contribution in [3.05, 3.63) is 74.3 Å². The fourth-order valence-corrected chi connectivity index (χ4v) is 2.33. The summed E-state index contributed by atoms with van der Waals surface area (Å²) in [7, 11) is 1.61. The molecule has 0 aliphatic heterocycles. The largest absolute Gasteiger partial charge is 0.497 e. The number of benzene rings is 2. The Labute approximate surface area is 125 Å². The SMILES string of the molecule is COc1ccc(C(N)c2ccc3[nH]c(=O)c(=O)[nH]c3c2)cc1. The lowest BCUT2D eigenvalue weighted by molar-refractivity contribution is 0.414. The molecule has 1 aromatic heterocycles. The van der Waals surface area contributed by atoms with Crippen molar-refractivity contribution in [2.75, 3.05) is 7.11 Å². The molecule has 1 heterocycles. The summed E-state index contributed by atoms with van der Waals surface area (Å²) in [6.07, 6.45) is 0. The zero-order chi connectivity index (χ0) is 15.7. The molecule has 3 aromatic rings. The number of hydrogen-bond acceptors (Lipinski definition) is 4. The van der Waals surface area contributed by atoms with Gasteiger partial charge < -0.3 is 20.4 Å². The monoisotopic (exact) mass is 297 g/mol. The van der Waals surface area contributed by atoms with E-state index in [4.69, 9.17) is 10.5 Å². The normalized spacial score (nSPS) is 12.3. The number of rotatable bonds is 3. The molecule has 22 heavy (non-hydrogen) atoms. The van der Waals surface area contributed by atoms with Crippen LogP contribution in [-0.2, 0) is 0 Å². The van der Waals surface area contributed by atoms with Gasteiger partial charge in [0.2, 0.25) is 0 Å². The van der Waals surface area contributed by atoms with Crippen molar-refractivity contribution in [1.82, 2.24) is 9.97 Å². The Bertz CT molecular complexity index is 926. The Morgan fingerprint density at radius 3 is 2.14 bits per heavy atom. The highest BCUT2D eigenvalue weighted by Gasteiger charge is 2.10. The van der Waals surface area contributed by atoms with Gasteiger partial charge >= 0.3 is 11.1 Å². The lowest BCUT2D eigenvalue weighted by atomic mass is 9.99. The molecule has 0 saturated heterocycles. The highest BCUT2D eigenvalue weighted by atomic mass is 16.5. The fourth-order valence-electron chi connectivity index (χ4n) is 2.33. The highest BCUT2D eigenvalue weighted by molar-refractivity contribution is 5.74. The molecule has 112 valence electrons. The molecular weight excluding hydrogens is 282 g/mol. The lowest BCUT2D eigenvalue weighted by Crippen LogP contribution is -2.29. The molecule has 3 rings (SSSR count). The van der Waals surface area contributed by atoms with Gasteiger partial charge in [0.15, 0.2) is 0 Å². The van der Waals surface area contributed by atoms with Crippen LogP contribution in [0.25, 0.3) is 11.0 Å². The van der Waals surface area contributed by atoms with Crippen molar-refractivity contribution in [1.29, 1.82) is 0 Å². The van der Waals surface area contributed by atoms with Crippen LogP contribution in [0, 0.1) is 0 Å². The average molecular weight is 297 g/mol. The van der Waals surface area contributed by atoms with Gasteiger partial charge in [0.25, 0.3) is 0 Å². The van der Waals surface area contributed by atoms with Crippen LogP contribution in [0.4, 0.5) is 0 Å². The molecule has 0 aliphatic carbocycles. The van der Waals surface area contributed by atoms with Gasteiger partial charge in [-0.15, -0.1) is 0 Å². The molecule has 0 bridgehead atoms. The zero-order valence-corrected chi connectivity index (χ0v) is 11.9. The first-order valence-electron chi connectivity index (χ1n) is 6.74. The summed E-state index contributed by atoms with van der Waals surface area (Å²) in [5, 5.41) is 0. The van der Waals surface area contributed by atoms with Crippen LogP contribution in [0.2, 0.25) is 0 Å². The first kappa shape index (κ1) is 14.1. The topological polar surface area (TPSA) is 101 Å². The predicted molar refractivity (Wildman–Crippen MR) is 84.2 cm³/mol. The van der Waals surface area contributed by atoms with Crippen LogP contribution in [-0.4, -0.2) is 17.1 Å². The van der Waals surface area contributed by atoms with Gasteiger partial charge in [0.1, 0.15) is 5.75 Å². The summed E-state index contributed by atoms with van der Waals surface area (Å²) in [6, 6.07) is 12.4. The summed E-state index contributed by atoms with van der Waals surface area (Å²) < 4.78 is 5.12. The van der Waals surface area contributed by atoms with Crippen LogP contribution in [0.15, 0.2) is 52.1 Å². The van der Waals surface area contributed by atoms with Crippen molar-refractivity contribution in [2.45, 2.75) is 6.04 Å². The maximum absolute atomic E-state index is 11.4. The van der Waals surface area contributed by atoms with E-state index in [-0.39, 0.29) is 6.04 Å². The minimum atomic E-state index is -0.678. The minimum Gasteiger partial charge on any atom is -0.497 e. The summed E-state index contributed by atoms with van der Waals surface area (Å²) >= 11 is 0. The van der Waals surface area contributed by atoms with Crippen LogP contribution in [0.1, 0.15) is 17.2 Å². The van der Waals surface area contributed by atoms with E-state index in [1.807, 2.05) is 30.3 Å². The first-order chi connectivity index (χ1) is 10.6. The second-order valence-electron chi connectivity index (χ2n) is 4.96. The van der Waals surface area contributed by atoms with Crippen LogP contribution >= 0.6 is 0 Å². The summed E-state index contributed by atoms with van der Waals surface area (Å²) in [5.74, 6) is 0.761. The van der Waals surface area contributed by atoms with Gasteiger partial charge in [-0.05, 0) is 35.4 Å². The van der Waals surface area contributed by atoms with Crippen molar-refractivity contribution in [3.63, 3.8) is 0 Å². The average Bonchev–Trinajstić information content (AvgIpc) is 2.55. The Morgan fingerprint density at radius 2 is 1.50 bits per heavy atom. The molecule has 0 spiro atoms. The van der Waals surface area contributed by atoms with Gasteiger partial charge in [-0.2, -0.15) is 0 Å². The highest BCUT2D eigenvalue weighted by Crippen LogP contribution is 2.23. The fraction of sp³-hybridized carbons (Fsp3) is 0.125. The molecule has 0 aliphatic rings. The molecule has 6 nitrogen and oxygen atoms in total. The molecule has 4 N–H and O–H groups in total. The molecule has 0 amide bonds. The second-order valence-corrected chi connectivity index (χ2v) is 4.96. The Kier molecular flexibility index (Phi) is 3.52. The van der Waals surface area contributed by atoms with Gasteiger partial charge in [-0.25, -0.2) is 0 Å².